The van der Waals surface area contributed by atoms with Crippen LogP contribution in [0.5, 0.6) is 0 Å². The van der Waals surface area contributed by atoms with Crippen molar-refractivity contribution in [3.63, 3.8) is 0 Å². The maximum atomic E-state index is 9.90. The molecule has 0 saturated carbocycles. The minimum Gasteiger partial charge on any atom is -0.691 e. The van der Waals surface area contributed by atoms with Crippen molar-refractivity contribution in [3.8, 4) is 0 Å². The molecule has 0 atom stereocenters. The maximum Gasteiger partial charge on any atom is 1.00 e. The standard InChI is InChI=1S/C14H19NO3S.Na/c1-5-8-15-10(2)14(3,4)12-9-11(19-18-17-16)6-7-13(12)15;/h6-7,9H,5,8H2,1-4H3;/q;+1. The van der Waals surface area contributed by atoms with E-state index in [9.17, 15) is 5.26 Å². The Balaban J connectivity index is 0.00000200. The molecule has 0 radical (unpaired) electrons. The summed E-state index contributed by atoms with van der Waals surface area (Å²) in [5.74, 6) is 0. The largest absolute Gasteiger partial charge is 1.00 e. The predicted octanol–water partition coefficient (Wildman–Crippen LogP) is -0.273. The number of hydrogen-bond acceptors (Lipinski definition) is 4. The number of benzene rings is 1. The molecule has 0 unspecified atom stereocenters. The van der Waals surface area contributed by atoms with Crippen molar-refractivity contribution >= 4 is 23.4 Å². The molecule has 4 nitrogen and oxygen atoms in total. The summed E-state index contributed by atoms with van der Waals surface area (Å²) in [7, 11) is 0. The molecule has 104 valence electrons. The van der Waals surface area contributed by atoms with E-state index in [1.165, 1.54) is 17.0 Å². The fraction of sp³-hybridized carbons (Fsp3) is 0.500. The zero-order valence-electron chi connectivity index (χ0n) is 12.7. The van der Waals surface area contributed by atoms with Crippen LogP contribution in [0, 0.1) is 0 Å². The number of fused-ring (bicyclic) bond motifs is 1. The van der Waals surface area contributed by atoms with Crippen molar-refractivity contribution in [2.45, 2.75) is 44.4 Å². The Morgan fingerprint density at radius 3 is 2.65 bits per heavy atom. The molecular formula is C14H19NNaO3S+. The molecule has 1 aromatic carbocycles. The molecule has 2 rings (SSSR count). The minimum absolute atomic E-state index is 0. The van der Waals surface area contributed by atoms with E-state index in [0.29, 0.717) is 0 Å². The van der Waals surface area contributed by atoms with Crippen molar-refractivity contribution in [3.05, 3.63) is 23.8 Å². The quantitative estimate of drug-likeness (QED) is 0.247. The van der Waals surface area contributed by atoms with Gasteiger partial charge < -0.3 is 5.26 Å². The van der Waals surface area contributed by atoms with Crippen LogP contribution in [0.1, 0.15) is 39.7 Å². The van der Waals surface area contributed by atoms with Gasteiger partial charge >= 0.3 is 29.6 Å². The third-order valence-corrected chi connectivity index (χ3v) is 4.42. The SMILES string of the molecule is CCC[N+]1=C(C)C(C)(C)c2cc(SOO[O-])ccc21.[Na+]. The molecule has 0 aromatic heterocycles. The topological polar surface area (TPSA) is 44.5 Å². The van der Waals surface area contributed by atoms with Gasteiger partial charge in [-0.25, -0.2) is 0 Å². The van der Waals surface area contributed by atoms with Crippen LogP contribution in [0.25, 0.3) is 0 Å². The number of hydrogen-bond donors (Lipinski definition) is 0. The van der Waals surface area contributed by atoms with Crippen molar-refractivity contribution in [2.24, 2.45) is 0 Å². The first kappa shape index (κ1) is 18.2. The zero-order valence-corrected chi connectivity index (χ0v) is 15.5. The molecule has 1 aliphatic rings. The van der Waals surface area contributed by atoms with E-state index in [0.717, 1.165) is 29.9 Å². The second-order valence-electron chi connectivity index (χ2n) is 5.26. The molecule has 0 aliphatic carbocycles. The Hall–Kier alpha value is 0.120. The molecule has 20 heavy (non-hydrogen) atoms. The average molecular weight is 304 g/mol. The Morgan fingerprint density at radius 1 is 1.35 bits per heavy atom. The van der Waals surface area contributed by atoms with E-state index in [1.54, 1.807) is 0 Å². The summed E-state index contributed by atoms with van der Waals surface area (Å²) in [6, 6.07) is 6.10. The van der Waals surface area contributed by atoms with Crippen molar-refractivity contribution in [1.29, 1.82) is 0 Å². The minimum atomic E-state index is -0.000600. The van der Waals surface area contributed by atoms with Gasteiger partial charge in [-0.15, -0.1) is 0 Å². The normalized spacial score (nSPS) is 16.1. The van der Waals surface area contributed by atoms with Crippen LogP contribution in [-0.2, 0) is 14.8 Å². The summed E-state index contributed by atoms with van der Waals surface area (Å²) in [6.07, 6.45) is 1.11. The second-order valence-corrected chi connectivity index (χ2v) is 6.03. The fourth-order valence-corrected chi connectivity index (χ4v) is 2.98. The van der Waals surface area contributed by atoms with Gasteiger partial charge in [0, 0.05) is 29.9 Å². The Morgan fingerprint density at radius 2 is 2.05 bits per heavy atom. The molecule has 0 bridgehead atoms. The van der Waals surface area contributed by atoms with Crippen LogP contribution < -0.4 is 34.8 Å². The van der Waals surface area contributed by atoms with E-state index in [1.807, 2.05) is 6.07 Å². The first-order chi connectivity index (χ1) is 9.02. The molecule has 1 aromatic rings. The Labute approximate surface area is 146 Å². The van der Waals surface area contributed by atoms with Crippen molar-refractivity contribution in [2.75, 3.05) is 6.54 Å². The fourth-order valence-electron chi connectivity index (χ4n) is 2.58. The molecule has 0 saturated heterocycles. The third-order valence-electron chi connectivity index (χ3n) is 3.85. The summed E-state index contributed by atoms with van der Waals surface area (Å²) >= 11 is 0.940. The Bertz CT molecular complexity index is 517. The smallest absolute Gasteiger partial charge is 0.691 e. The van der Waals surface area contributed by atoms with E-state index in [2.05, 4.69) is 53.8 Å². The van der Waals surface area contributed by atoms with Gasteiger partial charge in [-0.1, -0.05) is 6.92 Å². The van der Waals surface area contributed by atoms with Crippen molar-refractivity contribution < 1.29 is 48.8 Å². The van der Waals surface area contributed by atoms with E-state index in [-0.39, 0.29) is 35.0 Å². The molecule has 0 amide bonds. The van der Waals surface area contributed by atoms with Gasteiger partial charge in [0.25, 0.3) is 0 Å². The van der Waals surface area contributed by atoms with E-state index >= 15 is 0 Å². The van der Waals surface area contributed by atoms with Gasteiger partial charge in [-0.2, -0.15) is 8.91 Å². The van der Waals surface area contributed by atoms with E-state index < -0.39 is 0 Å². The van der Waals surface area contributed by atoms with Gasteiger partial charge in [0.15, 0.2) is 5.71 Å². The van der Waals surface area contributed by atoms with Gasteiger partial charge in [0.1, 0.15) is 6.54 Å². The van der Waals surface area contributed by atoms with Gasteiger partial charge in [0.2, 0.25) is 5.69 Å². The summed E-state index contributed by atoms with van der Waals surface area (Å²) in [5, 5.41) is 13.3. The van der Waals surface area contributed by atoms with Gasteiger partial charge in [0.05, 0.1) is 17.5 Å². The predicted molar refractivity (Wildman–Crippen MR) is 73.3 cm³/mol. The first-order valence-electron chi connectivity index (χ1n) is 6.41. The Kier molecular flexibility index (Phi) is 6.73. The maximum absolute atomic E-state index is 9.90. The molecule has 1 heterocycles. The summed E-state index contributed by atoms with van der Waals surface area (Å²) in [6.45, 7) is 9.82. The number of nitrogens with zero attached hydrogens (tertiary/aromatic N) is 1. The second kappa shape index (κ2) is 7.40. The monoisotopic (exact) mass is 304 g/mol. The average Bonchev–Trinajstić information content (AvgIpc) is 2.58. The van der Waals surface area contributed by atoms with Crippen LogP contribution in [0.2, 0.25) is 0 Å². The summed E-state index contributed by atoms with van der Waals surface area (Å²) in [4.78, 5) is 0.869. The molecule has 0 N–H and O–H groups in total. The molecule has 0 spiro atoms. The van der Waals surface area contributed by atoms with Crippen LogP contribution in [0.3, 0.4) is 0 Å². The van der Waals surface area contributed by atoms with Crippen LogP contribution in [0.15, 0.2) is 23.1 Å². The molecule has 6 heteroatoms. The van der Waals surface area contributed by atoms with Gasteiger partial charge in [-0.3, -0.25) is 5.04 Å². The van der Waals surface area contributed by atoms with Crippen molar-refractivity contribution in [1.82, 2.24) is 0 Å². The van der Waals surface area contributed by atoms with Crippen LogP contribution in [0.4, 0.5) is 5.69 Å². The summed E-state index contributed by atoms with van der Waals surface area (Å²) in [5.41, 5.74) is 3.86. The van der Waals surface area contributed by atoms with Crippen LogP contribution in [-0.4, -0.2) is 16.8 Å². The number of rotatable bonds is 5. The molecular weight excluding hydrogens is 285 g/mol. The van der Waals surface area contributed by atoms with Crippen LogP contribution >= 0.6 is 12.0 Å². The summed E-state index contributed by atoms with van der Waals surface area (Å²) < 4.78 is 6.76. The van der Waals surface area contributed by atoms with Gasteiger partial charge in [-0.05, 0) is 26.0 Å². The first-order valence-corrected chi connectivity index (χ1v) is 7.15. The zero-order chi connectivity index (χ0) is 14.0. The third kappa shape index (κ3) is 3.30. The van der Waals surface area contributed by atoms with E-state index in [4.69, 9.17) is 0 Å². The molecule has 0 fully saturated rings. The molecule has 1 aliphatic heterocycles.